The molecular formula is C8H10N4O2. The van der Waals surface area contributed by atoms with Crippen LogP contribution in [-0.2, 0) is 9.53 Å². The Hall–Kier alpha value is -1.98. The van der Waals surface area contributed by atoms with E-state index in [4.69, 9.17) is 0 Å². The summed E-state index contributed by atoms with van der Waals surface area (Å²) in [6.07, 6.45) is 4.75. The van der Waals surface area contributed by atoms with E-state index in [9.17, 15) is 4.79 Å². The summed E-state index contributed by atoms with van der Waals surface area (Å²) in [6.45, 7) is 2.66. The molecule has 0 aliphatic rings. The van der Waals surface area contributed by atoms with Crippen molar-refractivity contribution >= 4 is 17.6 Å². The van der Waals surface area contributed by atoms with Gasteiger partial charge in [-0.3, -0.25) is 4.79 Å². The molecule has 1 N–H and O–H groups in total. The van der Waals surface area contributed by atoms with Crippen molar-refractivity contribution in [2.24, 2.45) is 0 Å². The highest BCUT2D eigenvalue weighted by molar-refractivity contribution is 5.67. The minimum atomic E-state index is 0.431. The molecule has 74 valence electrons. The van der Waals surface area contributed by atoms with E-state index in [0.717, 1.165) is 11.2 Å². The SMILES string of the molecule is CCOC=O.c1ncc2nc[nH]c2n1. The predicted octanol–water partition coefficient (Wildman–Crippen LogP) is 0.532. The summed E-state index contributed by atoms with van der Waals surface area (Å²) in [5.74, 6) is 0. The third-order valence-electron chi connectivity index (χ3n) is 1.33. The highest BCUT2D eigenvalue weighted by atomic mass is 16.5. The minimum absolute atomic E-state index is 0.431. The summed E-state index contributed by atoms with van der Waals surface area (Å²) < 4.78 is 4.15. The summed E-state index contributed by atoms with van der Waals surface area (Å²) in [7, 11) is 0. The zero-order valence-corrected chi connectivity index (χ0v) is 7.67. The van der Waals surface area contributed by atoms with Gasteiger partial charge in [-0.15, -0.1) is 0 Å². The number of aromatic amines is 1. The normalized spacial score (nSPS) is 8.93. The molecule has 0 bridgehead atoms. The van der Waals surface area contributed by atoms with Crippen molar-refractivity contribution in [1.29, 1.82) is 0 Å². The number of nitrogens with zero attached hydrogens (tertiary/aromatic N) is 3. The number of hydrogen-bond donors (Lipinski definition) is 1. The monoisotopic (exact) mass is 194 g/mol. The van der Waals surface area contributed by atoms with Crippen LogP contribution in [0, 0.1) is 0 Å². The van der Waals surface area contributed by atoms with Gasteiger partial charge in [0.2, 0.25) is 0 Å². The number of carbonyl (C=O) groups is 1. The molecule has 14 heavy (non-hydrogen) atoms. The molecule has 0 aromatic carbocycles. The van der Waals surface area contributed by atoms with Crippen LogP contribution < -0.4 is 0 Å². The number of aromatic nitrogens is 4. The molecule has 0 radical (unpaired) electrons. The van der Waals surface area contributed by atoms with Gasteiger partial charge in [-0.05, 0) is 6.92 Å². The first-order valence-corrected chi connectivity index (χ1v) is 4.02. The Balaban J connectivity index is 0.000000171. The smallest absolute Gasteiger partial charge is 0.293 e. The van der Waals surface area contributed by atoms with Gasteiger partial charge >= 0.3 is 0 Å². The van der Waals surface area contributed by atoms with Crippen LogP contribution in [-0.4, -0.2) is 33.0 Å². The van der Waals surface area contributed by atoms with Gasteiger partial charge in [-0.25, -0.2) is 15.0 Å². The fraction of sp³-hybridized carbons (Fsp3) is 0.250. The zero-order valence-electron chi connectivity index (χ0n) is 7.67. The molecule has 0 atom stereocenters. The Morgan fingerprint density at radius 3 is 3.00 bits per heavy atom. The van der Waals surface area contributed by atoms with E-state index in [0.29, 0.717) is 13.1 Å². The first-order valence-electron chi connectivity index (χ1n) is 4.02. The van der Waals surface area contributed by atoms with Gasteiger partial charge in [-0.2, -0.15) is 0 Å². The van der Waals surface area contributed by atoms with Crippen molar-refractivity contribution < 1.29 is 9.53 Å². The number of rotatable bonds is 2. The Labute approximate surface area is 80.4 Å². The van der Waals surface area contributed by atoms with Crippen molar-refractivity contribution in [3.63, 3.8) is 0 Å². The van der Waals surface area contributed by atoms with Gasteiger partial charge in [0.1, 0.15) is 11.8 Å². The summed E-state index contributed by atoms with van der Waals surface area (Å²) >= 11 is 0. The van der Waals surface area contributed by atoms with Crippen LogP contribution in [0.1, 0.15) is 6.92 Å². The van der Waals surface area contributed by atoms with Crippen LogP contribution in [0.15, 0.2) is 18.9 Å². The summed E-state index contributed by atoms with van der Waals surface area (Å²) in [5.41, 5.74) is 1.59. The van der Waals surface area contributed by atoms with Crippen molar-refractivity contribution in [3.05, 3.63) is 18.9 Å². The number of H-pyrrole nitrogens is 1. The molecule has 6 nitrogen and oxygen atoms in total. The average molecular weight is 194 g/mol. The topological polar surface area (TPSA) is 80.8 Å². The van der Waals surface area contributed by atoms with Crippen LogP contribution in [0.2, 0.25) is 0 Å². The molecule has 0 aliphatic carbocycles. The second kappa shape index (κ2) is 5.63. The third kappa shape index (κ3) is 2.81. The van der Waals surface area contributed by atoms with Crippen LogP contribution in [0.4, 0.5) is 0 Å². The predicted molar refractivity (Wildman–Crippen MR) is 49.4 cm³/mol. The van der Waals surface area contributed by atoms with Gasteiger partial charge < -0.3 is 9.72 Å². The largest absolute Gasteiger partial charge is 0.468 e. The molecule has 2 aromatic rings. The van der Waals surface area contributed by atoms with E-state index < -0.39 is 0 Å². The lowest BCUT2D eigenvalue weighted by molar-refractivity contribution is -0.128. The van der Waals surface area contributed by atoms with Crippen molar-refractivity contribution in [3.8, 4) is 0 Å². The minimum Gasteiger partial charge on any atom is -0.468 e. The zero-order chi connectivity index (χ0) is 10.2. The number of hydrogen-bond acceptors (Lipinski definition) is 5. The molecule has 0 unspecified atom stereocenters. The van der Waals surface area contributed by atoms with Crippen molar-refractivity contribution in [2.45, 2.75) is 6.92 Å². The first-order chi connectivity index (χ1) is 6.88. The number of imidazole rings is 1. The lowest BCUT2D eigenvalue weighted by Crippen LogP contribution is -1.80. The van der Waals surface area contributed by atoms with E-state index in [2.05, 4.69) is 24.7 Å². The maximum absolute atomic E-state index is 9.18. The summed E-state index contributed by atoms with van der Waals surface area (Å²) in [4.78, 5) is 23.7. The van der Waals surface area contributed by atoms with E-state index >= 15 is 0 Å². The molecule has 0 aliphatic heterocycles. The Morgan fingerprint density at radius 2 is 2.43 bits per heavy atom. The van der Waals surface area contributed by atoms with E-state index in [1.807, 2.05) is 0 Å². The second-order valence-corrected chi connectivity index (χ2v) is 2.21. The second-order valence-electron chi connectivity index (χ2n) is 2.21. The number of carbonyl (C=O) groups excluding carboxylic acids is 1. The highest BCUT2D eigenvalue weighted by Crippen LogP contribution is 1.99. The van der Waals surface area contributed by atoms with Gasteiger partial charge in [0, 0.05) is 0 Å². The van der Waals surface area contributed by atoms with Crippen LogP contribution in [0.5, 0.6) is 0 Å². The van der Waals surface area contributed by atoms with E-state index in [1.165, 1.54) is 6.33 Å². The van der Waals surface area contributed by atoms with Gasteiger partial charge in [0.15, 0.2) is 5.65 Å². The third-order valence-corrected chi connectivity index (χ3v) is 1.33. The Morgan fingerprint density at radius 1 is 1.57 bits per heavy atom. The maximum atomic E-state index is 9.18. The van der Waals surface area contributed by atoms with Crippen LogP contribution >= 0.6 is 0 Å². The molecule has 2 heterocycles. The molecule has 2 aromatic heterocycles. The molecule has 2 rings (SSSR count). The molecular weight excluding hydrogens is 184 g/mol. The lowest BCUT2D eigenvalue weighted by atomic mass is 10.6. The fourth-order valence-electron chi connectivity index (χ4n) is 0.759. The average Bonchev–Trinajstić information content (AvgIpc) is 2.67. The quantitative estimate of drug-likeness (QED) is 0.705. The Bertz CT molecular complexity index is 357. The number of ether oxygens (including phenoxy) is 1. The maximum Gasteiger partial charge on any atom is 0.293 e. The molecule has 0 saturated heterocycles. The van der Waals surface area contributed by atoms with E-state index in [-0.39, 0.29) is 0 Å². The van der Waals surface area contributed by atoms with Crippen molar-refractivity contribution in [2.75, 3.05) is 6.61 Å². The van der Waals surface area contributed by atoms with Gasteiger partial charge in [0.25, 0.3) is 6.47 Å². The molecule has 6 heteroatoms. The van der Waals surface area contributed by atoms with Crippen LogP contribution in [0.25, 0.3) is 11.2 Å². The molecule has 0 spiro atoms. The molecule has 0 saturated carbocycles. The van der Waals surface area contributed by atoms with Crippen LogP contribution in [0.3, 0.4) is 0 Å². The van der Waals surface area contributed by atoms with E-state index in [1.54, 1.807) is 19.4 Å². The Kier molecular flexibility index (Phi) is 4.06. The summed E-state index contributed by atoms with van der Waals surface area (Å²) in [5, 5.41) is 0. The molecule has 0 amide bonds. The first kappa shape index (κ1) is 10.1. The number of fused-ring (bicyclic) bond motifs is 1. The fourth-order valence-corrected chi connectivity index (χ4v) is 0.759. The summed E-state index contributed by atoms with van der Waals surface area (Å²) in [6, 6.07) is 0. The number of nitrogens with one attached hydrogen (secondary N) is 1. The standard InChI is InChI=1S/C5H4N4.C3H6O2/c1-4-5(8-2-6-1)9-3-7-4;1-2-5-3-4/h1-3H,(H,6,7,8,9);3H,2H2,1H3. The van der Waals surface area contributed by atoms with Gasteiger partial charge in [0.05, 0.1) is 19.1 Å². The molecule has 0 fully saturated rings. The lowest BCUT2D eigenvalue weighted by Gasteiger charge is -1.80. The highest BCUT2D eigenvalue weighted by Gasteiger charge is 1.91. The van der Waals surface area contributed by atoms with Crippen molar-refractivity contribution in [1.82, 2.24) is 19.9 Å². The van der Waals surface area contributed by atoms with Gasteiger partial charge in [-0.1, -0.05) is 0 Å².